The molecule has 1 N–H and O–H groups in total. The first-order chi connectivity index (χ1) is 7.04. The summed E-state index contributed by atoms with van der Waals surface area (Å²) in [6, 6.07) is 3.93. The molecule has 0 fully saturated rings. The van der Waals surface area contributed by atoms with Gasteiger partial charge in [0.05, 0.1) is 0 Å². The van der Waals surface area contributed by atoms with Gasteiger partial charge in [0.15, 0.2) is 0 Å². The van der Waals surface area contributed by atoms with Crippen molar-refractivity contribution in [2.45, 2.75) is 13.3 Å². The first kappa shape index (κ1) is 11.0. The maximum atomic E-state index is 11.1. The molecule has 1 rings (SSSR count). The van der Waals surface area contributed by atoms with Crippen molar-refractivity contribution in [1.29, 1.82) is 0 Å². The molecule has 0 unspecified atom stereocenters. The van der Waals surface area contributed by atoms with Gasteiger partial charge in [-0.05, 0) is 30.2 Å². The van der Waals surface area contributed by atoms with E-state index in [1.54, 1.807) is 6.92 Å². The summed E-state index contributed by atoms with van der Waals surface area (Å²) in [5.74, 6) is -0.996. The molecule has 0 saturated heterocycles. The van der Waals surface area contributed by atoms with E-state index in [9.17, 15) is 20.0 Å². The van der Waals surface area contributed by atoms with Gasteiger partial charge in [-0.15, -0.1) is 10.1 Å². The first-order valence-corrected chi connectivity index (χ1v) is 4.23. The third-order valence-corrected chi connectivity index (χ3v) is 1.85. The fourth-order valence-corrected chi connectivity index (χ4v) is 1.12. The normalized spacial score (nSPS) is 9.67. The van der Waals surface area contributed by atoms with Crippen LogP contribution in [0.1, 0.15) is 22.8 Å². The van der Waals surface area contributed by atoms with E-state index in [0.717, 1.165) is 0 Å². The van der Waals surface area contributed by atoms with Crippen molar-refractivity contribution in [3.8, 4) is 5.75 Å². The minimum atomic E-state index is -1.17. The molecule has 1 aromatic carbocycles. The molecule has 0 aromatic heterocycles. The van der Waals surface area contributed by atoms with Gasteiger partial charge in [0.1, 0.15) is 5.75 Å². The summed E-state index contributed by atoms with van der Waals surface area (Å²) in [6.45, 7) is 1.79. The van der Waals surface area contributed by atoms with E-state index < -0.39 is 11.1 Å². The maximum absolute atomic E-state index is 11.1. The van der Waals surface area contributed by atoms with Crippen LogP contribution < -0.4 is 0 Å². The van der Waals surface area contributed by atoms with Crippen molar-refractivity contribution in [2.75, 3.05) is 0 Å². The van der Waals surface area contributed by atoms with Crippen LogP contribution in [-0.4, -0.2) is 16.2 Å². The van der Waals surface area contributed by atoms with Crippen LogP contribution in [0.5, 0.6) is 5.75 Å². The Balaban J connectivity index is 2.95. The van der Waals surface area contributed by atoms with E-state index >= 15 is 0 Å². The summed E-state index contributed by atoms with van der Waals surface area (Å²) < 4.78 is 0. The molecule has 0 amide bonds. The van der Waals surface area contributed by atoms with Crippen molar-refractivity contribution in [2.24, 2.45) is 0 Å². The molecule has 0 saturated carbocycles. The van der Waals surface area contributed by atoms with Gasteiger partial charge in [-0.2, -0.15) is 0 Å². The summed E-state index contributed by atoms with van der Waals surface area (Å²) >= 11 is 0. The fraction of sp³-hybridized carbons (Fsp3) is 0.222. The molecule has 0 spiro atoms. The zero-order valence-corrected chi connectivity index (χ0v) is 7.97. The molecule has 80 valence electrons. The average molecular weight is 211 g/mol. The lowest BCUT2D eigenvalue weighted by atomic mass is 10.1. The van der Waals surface area contributed by atoms with Crippen LogP contribution in [0.4, 0.5) is 0 Å². The summed E-state index contributed by atoms with van der Waals surface area (Å²) in [7, 11) is 0. The van der Waals surface area contributed by atoms with E-state index in [-0.39, 0.29) is 11.3 Å². The Morgan fingerprint density at radius 1 is 1.60 bits per heavy atom. The van der Waals surface area contributed by atoms with Gasteiger partial charge in [-0.3, -0.25) is 4.79 Å². The topological polar surface area (TPSA) is 89.7 Å². The predicted molar refractivity (Wildman–Crippen MR) is 49.9 cm³/mol. The number of carbonyl (C=O) groups excluding carboxylic acids is 1. The Morgan fingerprint density at radius 3 is 2.80 bits per heavy atom. The van der Waals surface area contributed by atoms with Crippen LogP contribution in [-0.2, 0) is 11.3 Å². The number of hydrogen-bond acceptors (Lipinski definition) is 5. The van der Waals surface area contributed by atoms with Crippen molar-refractivity contribution in [3.05, 3.63) is 39.4 Å². The Kier molecular flexibility index (Phi) is 3.22. The van der Waals surface area contributed by atoms with Crippen molar-refractivity contribution in [1.82, 2.24) is 0 Å². The third-order valence-electron chi connectivity index (χ3n) is 1.85. The summed E-state index contributed by atoms with van der Waals surface area (Å²) in [6.07, 6.45) is 0.519. The number of benzene rings is 1. The third kappa shape index (κ3) is 2.67. The van der Waals surface area contributed by atoms with Crippen LogP contribution >= 0.6 is 0 Å². The molecule has 6 nitrogen and oxygen atoms in total. The van der Waals surface area contributed by atoms with Gasteiger partial charge in [0.25, 0.3) is 0 Å². The number of nitrogens with zero attached hydrogens (tertiary/aromatic N) is 1. The van der Waals surface area contributed by atoms with Crippen LogP contribution in [0.25, 0.3) is 0 Å². The Morgan fingerprint density at radius 2 is 2.27 bits per heavy atom. The maximum Gasteiger partial charge on any atom is 0.334 e. The summed E-state index contributed by atoms with van der Waals surface area (Å²) in [5.41, 5.74) is 0.578. The van der Waals surface area contributed by atoms with Gasteiger partial charge in [-0.25, -0.2) is 4.84 Å². The SMILES string of the molecule is CCc1cc(C(=O)O[N+](=O)[O-])ccc1O. The molecule has 15 heavy (non-hydrogen) atoms. The zero-order chi connectivity index (χ0) is 11.4. The molecule has 6 heteroatoms. The van der Waals surface area contributed by atoms with E-state index in [4.69, 9.17) is 0 Å². The van der Waals surface area contributed by atoms with Gasteiger partial charge >= 0.3 is 11.1 Å². The Bertz CT molecular complexity index is 401. The average Bonchev–Trinajstić information content (AvgIpc) is 2.17. The molecule has 0 radical (unpaired) electrons. The van der Waals surface area contributed by atoms with Crippen molar-refractivity contribution in [3.63, 3.8) is 0 Å². The van der Waals surface area contributed by atoms with Gasteiger partial charge < -0.3 is 5.11 Å². The molecular weight excluding hydrogens is 202 g/mol. The Labute approximate surface area is 85.2 Å². The Hall–Kier alpha value is -2.11. The largest absolute Gasteiger partial charge is 0.508 e. The zero-order valence-electron chi connectivity index (χ0n) is 7.97. The van der Waals surface area contributed by atoms with E-state index in [2.05, 4.69) is 4.84 Å². The number of hydrogen-bond donors (Lipinski definition) is 1. The van der Waals surface area contributed by atoms with Gasteiger partial charge in [0.2, 0.25) is 0 Å². The molecule has 0 aliphatic rings. The lowest BCUT2D eigenvalue weighted by molar-refractivity contribution is -0.727. The second kappa shape index (κ2) is 4.41. The van der Waals surface area contributed by atoms with Gasteiger partial charge in [0, 0.05) is 5.56 Å². The smallest absolute Gasteiger partial charge is 0.334 e. The molecule has 0 heterocycles. The highest BCUT2D eigenvalue weighted by atomic mass is 17.0. The minimum Gasteiger partial charge on any atom is -0.508 e. The lowest BCUT2D eigenvalue weighted by Crippen LogP contribution is -2.10. The lowest BCUT2D eigenvalue weighted by Gasteiger charge is -2.03. The minimum absolute atomic E-state index is 0.0429. The number of phenolic OH excluding ortho intramolecular Hbond substituents is 1. The predicted octanol–water partition coefficient (Wildman–Crippen LogP) is 1.30. The van der Waals surface area contributed by atoms with Crippen LogP contribution in [0.3, 0.4) is 0 Å². The number of rotatable bonds is 3. The second-order valence-corrected chi connectivity index (χ2v) is 2.80. The molecule has 0 atom stereocenters. The van der Waals surface area contributed by atoms with E-state index in [1.165, 1.54) is 18.2 Å². The molecule has 0 aliphatic carbocycles. The monoisotopic (exact) mass is 211 g/mol. The second-order valence-electron chi connectivity index (χ2n) is 2.80. The highest BCUT2D eigenvalue weighted by Gasteiger charge is 2.12. The number of phenols is 1. The van der Waals surface area contributed by atoms with Gasteiger partial charge in [-0.1, -0.05) is 6.92 Å². The number of aromatic hydroxyl groups is 1. The van der Waals surface area contributed by atoms with E-state index in [0.29, 0.717) is 12.0 Å². The number of aryl methyl sites for hydroxylation is 1. The van der Waals surface area contributed by atoms with Crippen molar-refractivity contribution >= 4 is 5.97 Å². The van der Waals surface area contributed by atoms with Crippen LogP contribution in [0.2, 0.25) is 0 Å². The molecule has 0 aliphatic heterocycles. The summed E-state index contributed by atoms with van der Waals surface area (Å²) in [5, 5.41) is 18.1. The molecule has 0 bridgehead atoms. The fourth-order valence-electron chi connectivity index (χ4n) is 1.12. The van der Waals surface area contributed by atoms with Crippen molar-refractivity contribution < 1.29 is 19.8 Å². The first-order valence-electron chi connectivity index (χ1n) is 4.23. The highest BCUT2D eigenvalue weighted by molar-refractivity contribution is 5.89. The standard InChI is InChI=1S/C9H9NO5/c1-2-6-5-7(3-4-8(6)11)9(12)15-10(13)14/h3-5,11H,2H2,1H3. The van der Waals surface area contributed by atoms with E-state index in [1.807, 2.05) is 0 Å². The quantitative estimate of drug-likeness (QED) is 0.601. The molecule has 1 aromatic rings. The summed E-state index contributed by atoms with van der Waals surface area (Å²) in [4.78, 5) is 24.8. The molecular formula is C9H9NO5. The van der Waals surface area contributed by atoms with Crippen LogP contribution in [0, 0.1) is 10.1 Å². The van der Waals surface area contributed by atoms with Crippen LogP contribution in [0.15, 0.2) is 18.2 Å². The number of carbonyl (C=O) groups is 1. The highest BCUT2D eigenvalue weighted by Crippen LogP contribution is 2.19.